The van der Waals surface area contributed by atoms with E-state index >= 15 is 0 Å². The predicted molar refractivity (Wildman–Crippen MR) is 83.9 cm³/mol. The molecule has 0 heterocycles. The molecule has 0 atom stereocenters. The molecule has 2 aromatic rings. The van der Waals surface area contributed by atoms with Crippen molar-refractivity contribution in [2.75, 3.05) is 7.11 Å². The zero-order chi connectivity index (χ0) is 17.3. The number of phenols is 1. The molecule has 6 heteroatoms. The Hall–Kier alpha value is -2.63. The number of phenolic OH excluding ortho intramolecular Hbond substituents is 1. The molecule has 3 rings (SSSR count). The summed E-state index contributed by atoms with van der Waals surface area (Å²) in [6.45, 7) is 0.281. The van der Waals surface area contributed by atoms with Crippen LogP contribution in [0.2, 0.25) is 0 Å². The average molecular weight is 333 g/mol. The van der Waals surface area contributed by atoms with E-state index in [1.165, 1.54) is 4.90 Å². The van der Waals surface area contributed by atoms with Gasteiger partial charge in [-0.1, -0.05) is 12.1 Å². The molecule has 4 nitrogen and oxygen atoms in total. The van der Waals surface area contributed by atoms with Crippen LogP contribution in [0.5, 0.6) is 11.5 Å². The van der Waals surface area contributed by atoms with Crippen LogP contribution in [-0.2, 0) is 6.54 Å². The molecule has 1 aliphatic carbocycles. The fourth-order valence-corrected chi connectivity index (χ4v) is 2.60. The van der Waals surface area contributed by atoms with E-state index in [0.717, 1.165) is 24.5 Å². The molecule has 1 fully saturated rings. The Kier molecular flexibility index (Phi) is 4.38. The molecule has 1 aliphatic rings. The highest BCUT2D eigenvalue weighted by Crippen LogP contribution is 2.33. The van der Waals surface area contributed by atoms with Crippen LogP contribution in [-0.4, -0.2) is 29.1 Å². The van der Waals surface area contributed by atoms with Gasteiger partial charge in [0, 0.05) is 24.7 Å². The number of hydrogen-bond donors (Lipinski definition) is 1. The SMILES string of the molecule is COc1ccc(CN(C(=O)c2c(O)cc(F)cc2F)C2CC2)cc1. The van der Waals surface area contributed by atoms with E-state index in [0.29, 0.717) is 11.8 Å². The minimum atomic E-state index is -1.06. The van der Waals surface area contributed by atoms with E-state index in [4.69, 9.17) is 4.74 Å². The molecule has 0 saturated heterocycles. The summed E-state index contributed by atoms with van der Waals surface area (Å²) in [5.74, 6) is -2.60. The molecule has 0 aliphatic heterocycles. The summed E-state index contributed by atoms with van der Waals surface area (Å²) in [5, 5.41) is 9.78. The fourth-order valence-electron chi connectivity index (χ4n) is 2.60. The Morgan fingerprint density at radius 1 is 1.25 bits per heavy atom. The molecule has 1 saturated carbocycles. The predicted octanol–water partition coefficient (Wildman–Crippen LogP) is 3.48. The normalized spacial score (nSPS) is 13.6. The number of amides is 1. The zero-order valence-corrected chi connectivity index (χ0v) is 13.1. The zero-order valence-electron chi connectivity index (χ0n) is 13.1. The minimum Gasteiger partial charge on any atom is -0.507 e. The van der Waals surface area contributed by atoms with Crippen LogP contribution >= 0.6 is 0 Å². The van der Waals surface area contributed by atoms with E-state index in [1.54, 1.807) is 19.2 Å². The number of halogens is 2. The summed E-state index contributed by atoms with van der Waals surface area (Å²) < 4.78 is 32.2. The van der Waals surface area contributed by atoms with Gasteiger partial charge in [-0.15, -0.1) is 0 Å². The molecule has 126 valence electrons. The second-order valence-electron chi connectivity index (χ2n) is 5.79. The smallest absolute Gasteiger partial charge is 0.261 e. The van der Waals surface area contributed by atoms with Gasteiger partial charge in [0.2, 0.25) is 0 Å². The number of benzene rings is 2. The first-order valence-electron chi connectivity index (χ1n) is 7.61. The van der Waals surface area contributed by atoms with Gasteiger partial charge in [0.05, 0.1) is 7.11 Å². The Labute approximate surface area is 138 Å². The van der Waals surface area contributed by atoms with Gasteiger partial charge in [-0.25, -0.2) is 8.78 Å². The highest BCUT2D eigenvalue weighted by molar-refractivity contribution is 5.97. The van der Waals surface area contributed by atoms with Crippen molar-refractivity contribution in [2.45, 2.75) is 25.4 Å². The standard InChI is InChI=1S/C18H17F2NO3/c1-24-14-6-2-11(3-7-14)10-21(13-4-5-13)18(23)17-15(20)8-12(19)9-16(17)22/h2-3,6-9,13,22H,4-5,10H2,1H3. The number of hydrogen-bond acceptors (Lipinski definition) is 3. The van der Waals surface area contributed by atoms with Crippen LogP contribution in [0.4, 0.5) is 8.78 Å². The van der Waals surface area contributed by atoms with Gasteiger partial charge in [-0.2, -0.15) is 0 Å². The van der Waals surface area contributed by atoms with Crippen LogP contribution in [0, 0.1) is 11.6 Å². The first-order valence-corrected chi connectivity index (χ1v) is 7.61. The Balaban J connectivity index is 1.87. The average Bonchev–Trinajstić information content (AvgIpc) is 3.36. The van der Waals surface area contributed by atoms with Crippen molar-refractivity contribution >= 4 is 5.91 Å². The van der Waals surface area contributed by atoms with Crippen LogP contribution < -0.4 is 4.74 Å². The van der Waals surface area contributed by atoms with Crippen LogP contribution in [0.3, 0.4) is 0 Å². The van der Waals surface area contributed by atoms with Crippen molar-refractivity contribution in [3.8, 4) is 11.5 Å². The number of carbonyl (C=O) groups excluding carboxylic acids is 1. The Bertz CT molecular complexity index is 734. The quantitative estimate of drug-likeness (QED) is 0.911. The van der Waals surface area contributed by atoms with Gasteiger partial charge in [-0.05, 0) is 30.5 Å². The summed E-state index contributed by atoms with van der Waals surface area (Å²) in [7, 11) is 1.56. The van der Waals surface area contributed by atoms with E-state index in [9.17, 15) is 18.7 Å². The summed E-state index contributed by atoms with van der Waals surface area (Å²) >= 11 is 0. The third kappa shape index (κ3) is 3.32. The molecular weight excluding hydrogens is 316 g/mol. The molecule has 0 spiro atoms. The van der Waals surface area contributed by atoms with Gasteiger partial charge >= 0.3 is 0 Å². The Morgan fingerprint density at radius 2 is 1.92 bits per heavy atom. The van der Waals surface area contributed by atoms with Gasteiger partial charge in [0.15, 0.2) is 0 Å². The van der Waals surface area contributed by atoms with E-state index < -0.39 is 28.9 Å². The van der Waals surface area contributed by atoms with Gasteiger partial charge in [-0.3, -0.25) is 4.79 Å². The van der Waals surface area contributed by atoms with Gasteiger partial charge in [0.25, 0.3) is 5.91 Å². The van der Waals surface area contributed by atoms with Crippen LogP contribution in [0.15, 0.2) is 36.4 Å². The lowest BCUT2D eigenvalue weighted by molar-refractivity contribution is 0.0721. The van der Waals surface area contributed by atoms with Gasteiger partial charge < -0.3 is 14.7 Å². The maximum atomic E-state index is 14.0. The highest BCUT2D eigenvalue weighted by Gasteiger charge is 2.35. The van der Waals surface area contributed by atoms with Crippen molar-refractivity contribution in [3.05, 3.63) is 59.2 Å². The van der Waals surface area contributed by atoms with Crippen LogP contribution in [0.25, 0.3) is 0 Å². The molecule has 0 aromatic heterocycles. The molecule has 1 N–H and O–H groups in total. The lowest BCUT2D eigenvalue weighted by Crippen LogP contribution is -2.33. The summed E-state index contributed by atoms with van der Waals surface area (Å²) in [6.07, 6.45) is 1.65. The first kappa shape index (κ1) is 16.2. The number of carbonyl (C=O) groups is 1. The summed E-state index contributed by atoms with van der Waals surface area (Å²) in [4.78, 5) is 14.2. The summed E-state index contributed by atoms with van der Waals surface area (Å²) in [6, 6.07) is 8.55. The maximum Gasteiger partial charge on any atom is 0.261 e. The van der Waals surface area contributed by atoms with E-state index in [-0.39, 0.29) is 12.6 Å². The van der Waals surface area contributed by atoms with E-state index in [2.05, 4.69) is 0 Å². The van der Waals surface area contributed by atoms with Crippen molar-refractivity contribution in [1.82, 2.24) is 4.90 Å². The lowest BCUT2D eigenvalue weighted by atomic mass is 10.1. The molecular formula is C18H17F2NO3. The minimum absolute atomic E-state index is 0.00320. The van der Waals surface area contributed by atoms with E-state index in [1.807, 2.05) is 12.1 Å². The van der Waals surface area contributed by atoms with Crippen LogP contribution in [0.1, 0.15) is 28.8 Å². The molecule has 0 bridgehead atoms. The third-order valence-electron chi connectivity index (χ3n) is 4.01. The van der Waals surface area contributed by atoms with Crippen molar-refractivity contribution in [2.24, 2.45) is 0 Å². The number of rotatable bonds is 5. The highest BCUT2D eigenvalue weighted by atomic mass is 19.1. The molecule has 0 unspecified atom stereocenters. The molecule has 24 heavy (non-hydrogen) atoms. The van der Waals surface area contributed by atoms with Crippen molar-refractivity contribution in [1.29, 1.82) is 0 Å². The molecule has 1 amide bonds. The van der Waals surface area contributed by atoms with Crippen molar-refractivity contribution in [3.63, 3.8) is 0 Å². The second-order valence-corrected chi connectivity index (χ2v) is 5.79. The monoisotopic (exact) mass is 333 g/mol. The lowest BCUT2D eigenvalue weighted by Gasteiger charge is -2.23. The number of nitrogens with zero attached hydrogens (tertiary/aromatic N) is 1. The van der Waals surface area contributed by atoms with Crippen molar-refractivity contribution < 1.29 is 23.4 Å². The third-order valence-corrected chi connectivity index (χ3v) is 4.01. The Morgan fingerprint density at radius 3 is 2.46 bits per heavy atom. The number of methoxy groups -OCH3 is 1. The fraction of sp³-hybridized carbons (Fsp3) is 0.278. The number of aromatic hydroxyl groups is 1. The largest absolute Gasteiger partial charge is 0.507 e. The summed E-state index contributed by atoms with van der Waals surface area (Å²) in [5.41, 5.74) is 0.370. The second kappa shape index (κ2) is 6.47. The molecule has 0 radical (unpaired) electrons. The topological polar surface area (TPSA) is 49.8 Å². The number of ether oxygens (including phenoxy) is 1. The van der Waals surface area contributed by atoms with Gasteiger partial charge in [0.1, 0.15) is 28.7 Å². The first-order chi connectivity index (χ1) is 11.5. The maximum absolute atomic E-state index is 14.0. The molecule has 2 aromatic carbocycles.